The number of carboxylic acid groups (broad SMARTS) is 1. The van der Waals surface area contributed by atoms with Gasteiger partial charge in [0.1, 0.15) is 0 Å². The number of methoxy groups -OCH3 is 1. The number of anilines is 1. The first-order chi connectivity index (χ1) is 9.26. The molecule has 0 unspecified atom stereocenters. The molecule has 0 aromatic heterocycles. The zero-order chi connectivity index (χ0) is 15.3. The van der Waals surface area contributed by atoms with E-state index in [2.05, 4.69) is 9.46 Å². The topological polar surface area (TPSA) is 110 Å². The molecule has 1 rings (SSSR count). The van der Waals surface area contributed by atoms with E-state index < -0.39 is 27.7 Å². The summed E-state index contributed by atoms with van der Waals surface area (Å²) in [5.74, 6) is -2.36. The summed E-state index contributed by atoms with van der Waals surface area (Å²) in [5, 5.41) is 9.09. The van der Waals surface area contributed by atoms with E-state index in [9.17, 15) is 18.0 Å². The van der Waals surface area contributed by atoms with Crippen molar-refractivity contribution in [3.8, 4) is 0 Å². The first-order valence-electron chi connectivity index (χ1n) is 5.67. The van der Waals surface area contributed by atoms with E-state index in [1.54, 1.807) is 19.1 Å². The van der Waals surface area contributed by atoms with Gasteiger partial charge >= 0.3 is 11.9 Å². The highest BCUT2D eigenvalue weighted by atomic mass is 32.2. The zero-order valence-electron chi connectivity index (χ0n) is 11.0. The number of nitrogens with one attached hydrogen (secondary N) is 1. The Hall–Kier alpha value is -2.09. The highest BCUT2D eigenvalue weighted by molar-refractivity contribution is 7.92. The van der Waals surface area contributed by atoms with Crippen molar-refractivity contribution in [2.45, 2.75) is 13.3 Å². The van der Waals surface area contributed by atoms with Crippen molar-refractivity contribution >= 4 is 27.6 Å². The van der Waals surface area contributed by atoms with Crippen molar-refractivity contribution in [2.75, 3.05) is 17.6 Å². The molecule has 0 amide bonds. The second kappa shape index (κ2) is 6.38. The van der Waals surface area contributed by atoms with E-state index in [0.717, 1.165) is 7.11 Å². The molecule has 0 heterocycles. The van der Waals surface area contributed by atoms with Crippen LogP contribution in [0.1, 0.15) is 22.3 Å². The second-order valence-electron chi connectivity index (χ2n) is 4.05. The van der Waals surface area contributed by atoms with Crippen molar-refractivity contribution in [2.24, 2.45) is 0 Å². The van der Waals surface area contributed by atoms with Crippen LogP contribution >= 0.6 is 0 Å². The minimum absolute atomic E-state index is 0.0256. The van der Waals surface area contributed by atoms with Gasteiger partial charge in [-0.3, -0.25) is 9.52 Å². The SMILES string of the molecule is COC(=O)CCS(=O)(=O)Nc1cccc(C)c1C(=O)O. The molecule has 0 fully saturated rings. The number of ether oxygens (including phenoxy) is 1. The highest BCUT2D eigenvalue weighted by Crippen LogP contribution is 2.20. The minimum Gasteiger partial charge on any atom is -0.478 e. The van der Waals surface area contributed by atoms with Gasteiger partial charge in [0, 0.05) is 0 Å². The number of carbonyl (C=O) groups is 2. The summed E-state index contributed by atoms with van der Waals surface area (Å²) in [4.78, 5) is 22.1. The van der Waals surface area contributed by atoms with Gasteiger partial charge in [0.15, 0.2) is 0 Å². The van der Waals surface area contributed by atoms with Gasteiger partial charge < -0.3 is 9.84 Å². The fourth-order valence-electron chi connectivity index (χ4n) is 1.58. The van der Waals surface area contributed by atoms with E-state index in [-0.39, 0.29) is 17.7 Å². The predicted octanol–water partition coefficient (Wildman–Crippen LogP) is 0.998. The second-order valence-corrected chi connectivity index (χ2v) is 5.89. The molecule has 0 spiro atoms. The Morgan fingerprint density at radius 2 is 2.00 bits per heavy atom. The van der Waals surface area contributed by atoms with Gasteiger partial charge in [-0.15, -0.1) is 0 Å². The standard InChI is InChI=1S/C12H15NO6S/c1-8-4-3-5-9(11(8)12(15)16)13-20(17,18)7-6-10(14)19-2/h3-5,13H,6-7H2,1-2H3,(H,15,16). The fourth-order valence-corrected chi connectivity index (χ4v) is 2.62. The normalized spacial score (nSPS) is 10.9. The van der Waals surface area contributed by atoms with Gasteiger partial charge in [0.2, 0.25) is 10.0 Å². The van der Waals surface area contributed by atoms with Gasteiger partial charge in [-0.05, 0) is 18.6 Å². The number of benzene rings is 1. The predicted molar refractivity (Wildman–Crippen MR) is 72.2 cm³/mol. The molecule has 0 aliphatic rings. The van der Waals surface area contributed by atoms with Crippen LogP contribution in [0.3, 0.4) is 0 Å². The molecule has 7 nitrogen and oxygen atoms in total. The van der Waals surface area contributed by atoms with Crippen molar-refractivity contribution in [3.05, 3.63) is 29.3 Å². The van der Waals surface area contributed by atoms with Crippen LogP contribution in [0.15, 0.2) is 18.2 Å². The molecular weight excluding hydrogens is 286 g/mol. The first kappa shape index (κ1) is 16.0. The molecule has 0 saturated heterocycles. The van der Waals surface area contributed by atoms with Gasteiger partial charge in [-0.2, -0.15) is 0 Å². The van der Waals surface area contributed by atoms with Gasteiger partial charge in [0.05, 0.1) is 30.5 Å². The number of carbonyl (C=O) groups excluding carboxylic acids is 1. The van der Waals surface area contributed by atoms with Crippen molar-refractivity contribution in [3.63, 3.8) is 0 Å². The van der Waals surface area contributed by atoms with E-state index in [0.29, 0.717) is 5.56 Å². The number of carboxylic acids is 1. The molecule has 2 N–H and O–H groups in total. The Kier molecular flexibility index (Phi) is 5.09. The molecule has 8 heteroatoms. The van der Waals surface area contributed by atoms with Crippen molar-refractivity contribution < 1.29 is 27.9 Å². The van der Waals surface area contributed by atoms with Crippen LogP contribution in [0.25, 0.3) is 0 Å². The molecule has 0 radical (unpaired) electrons. The number of hydrogen-bond acceptors (Lipinski definition) is 5. The summed E-state index contributed by atoms with van der Waals surface area (Å²) >= 11 is 0. The number of aromatic carboxylic acids is 1. The minimum atomic E-state index is -3.83. The maximum absolute atomic E-state index is 11.8. The van der Waals surface area contributed by atoms with Crippen LogP contribution in [0.2, 0.25) is 0 Å². The lowest BCUT2D eigenvalue weighted by Gasteiger charge is -2.11. The Balaban J connectivity index is 2.96. The molecular formula is C12H15NO6S. The largest absolute Gasteiger partial charge is 0.478 e. The van der Waals surface area contributed by atoms with Crippen molar-refractivity contribution in [1.29, 1.82) is 0 Å². The molecule has 1 aromatic rings. The third-order valence-electron chi connectivity index (χ3n) is 2.55. The van der Waals surface area contributed by atoms with Crippen LogP contribution in [-0.2, 0) is 19.6 Å². The number of aryl methyl sites for hydroxylation is 1. The third kappa shape index (κ3) is 4.23. The Morgan fingerprint density at radius 3 is 2.55 bits per heavy atom. The lowest BCUT2D eigenvalue weighted by molar-refractivity contribution is -0.140. The maximum atomic E-state index is 11.8. The average Bonchev–Trinajstić information content (AvgIpc) is 2.35. The maximum Gasteiger partial charge on any atom is 0.338 e. The fraction of sp³-hybridized carbons (Fsp3) is 0.333. The number of hydrogen-bond donors (Lipinski definition) is 2. The molecule has 0 atom stereocenters. The quantitative estimate of drug-likeness (QED) is 0.758. The van der Waals surface area contributed by atoms with E-state index >= 15 is 0 Å². The summed E-state index contributed by atoms with van der Waals surface area (Å²) < 4.78 is 30.1. The third-order valence-corrected chi connectivity index (χ3v) is 3.83. The van der Waals surface area contributed by atoms with Crippen LogP contribution in [-0.4, -0.2) is 38.3 Å². The van der Waals surface area contributed by atoms with Gasteiger partial charge in [0.25, 0.3) is 0 Å². The summed E-state index contributed by atoms with van der Waals surface area (Å²) in [6, 6.07) is 4.46. The van der Waals surface area contributed by atoms with Crippen molar-refractivity contribution in [1.82, 2.24) is 0 Å². The molecule has 110 valence electrons. The van der Waals surface area contributed by atoms with E-state index in [4.69, 9.17) is 5.11 Å². The number of sulfonamides is 1. The van der Waals surface area contributed by atoms with Crippen LogP contribution < -0.4 is 4.72 Å². The Morgan fingerprint density at radius 1 is 1.35 bits per heavy atom. The smallest absolute Gasteiger partial charge is 0.338 e. The molecule has 1 aromatic carbocycles. The Labute approximate surface area is 116 Å². The van der Waals surface area contributed by atoms with E-state index in [1.165, 1.54) is 6.07 Å². The van der Waals surface area contributed by atoms with Gasteiger partial charge in [-0.1, -0.05) is 12.1 Å². The van der Waals surface area contributed by atoms with Crippen LogP contribution in [0.4, 0.5) is 5.69 Å². The monoisotopic (exact) mass is 301 g/mol. The Bertz CT molecular complexity index is 623. The van der Waals surface area contributed by atoms with E-state index in [1.807, 2.05) is 0 Å². The van der Waals surface area contributed by atoms with Crippen LogP contribution in [0.5, 0.6) is 0 Å². The summed E-state index contributed by atoms with van der Waals surface area (Å²) in [7, 11) is -2.67. The van der Waals surface area contributed by atoms with Crippen LogP contribution in [0, 0.1) is 6.92 Å². The highest BCUT2D eigenvalue weighted by Gasteiger charge is 2.19. The summed E-state index contributed by atoms with van der Waals surface area (Å²) in [5.41, 5.74) is 0.294. The molecule has 20 heavy (non-hydrogen) atoms. The zero-order valence-corrected chi connectivity index (χ0v) is 11.9. The number of rotatable bonds is 6. The van der Waals surface area contributed by atoms with Gasteiger partial charge in [-0.25, -0.2) is 13.2 Å². The molecule has 0 aliphatic heterocycles. The first-order valence-corrected chi connectivity index (χ1v) is 7.32. The number of esters is 1. The molecule has 0 bridgehead atoms. The lowest BCUT2D eigenvalue weighted by Crippen LogP contribution is -2.21. The lowest BCUT2D eigenvalue weighted by atomic mass is 10.1. The average molecular weight is 301 g/mol. The molecule has 0 aliphatic carbocycles. The molecule has 0 saturated carbocycles. The summed E-state index contributed by atoms with van der Waals surface area (Å²) in [6.07, 6.45) is -0.306. The summed E-state index contributed by atoms with van der Waals surface area (Å²) in [6.45, 7) is 1.57.